The molecule has 0 saturated heterocycles. The SMILES string of the molecule is CC(C)(C)C(=S)Oc1ccccc1.CC(C)(C)C(=S)Oc1ccccc1.CC(C)c1ccsc1OC(=S)C(C)(C)C.COc1ccc(OC(=S)C(C)(C)C)cc1.Cc1cc(OC(=S)C(C)(C)C)c2ccncc2c1. The van der Waals surface area contributed by atoms with Crippen LogP contribution < -0.4 is 28.4 Å². The number of benzene rings is 4. The van der Waals surface area contributed by atoms with Crippen LogP contribution in [-0.2, 0) is 0 Å². The Labute approximate surface area is 475 Å². The maximum absolute atomic E-state index is 5.88. The minimum Gasteiger partial charge on any atom is -0.497 e. The van der Waals surface area contributed by atoms with Crippen LogP contribution in [0, 0.1) is 34.0 Å². The van der Waals surface area contributed by atoms with Gasteiger partial charge in [0.05, 0.1) is 7.11 Å². The molecule has 0 aliphatic rings. The number of pyridine rings is 1. The number of methoxy groups -OCH3 is 1. The lowest BCUT2D eigenvalue weighted by Gasteiger charge is -2.20. The van der Waals surface area contributed by atoms with Gasteiger partial charge in [-0.1, -0.05) is 154 Å². The average molecular weight is 1110 g/mol. The van der Waals surface area contributed by atoms with Gasteiger partial charge in [0, 0.05) is 55.8 Å². The van der Waals surface area contributed by atoms with Gasteiger partial charge >= 0.3 is 0 Å². The summed E-state index contributed by atoms with van der Waals surface area (Å²) < 4.78 is 33.3. The van der Waals surface area contributed by atoms with Crippen molar-refractivity contribution in [1.82, 2.24) is 4.98 Å². The lowest BCUT2D eigenvalue weighted by atomic mass is 9.98. The van der Waals surface area contributed by atoms with E-state index in [0.717, 1.165) is 50.1 Å². The van der Waals surface area contributed by atoms with Gasteiger partial charge in [0.2, 0.25) is 0 Å². The molecule has 2 heterocycles. The van der Waals surface area contributed by atoms with Gasteiger partial charge in [-0.25, -0.2) is 0 Å². The van der Waals surface area contributed by atoms with Gasteiger partial charge in [-0.15, -0.1) is 11.3 Å². The molecule has 0 amide bonds. The van der Waals surface area contributed by atoms with E-state index in [0.29, 0.717) is 31.2 Å². The number of ether oxygens (including phenoxy) is 6. The second-order valence-electron chi connectivity index (χ2n) is 22.7. The first kappa shape index (κ1) is 65.4. The van der Waals surface area contributed by atoms with Crippen molar-refractivity contribution in [2.45, 2.75) is 131 Å². The van der Waals surface area contributed by atoms with Crippen molar-refractivity contribution in [3.8, 4) is 33.8 Å². The minimum atomic E-state index is -0.140. The van der Waals surface area contributed by atoms with Gasteiger partial charge in [-0.2, -0.15) is 0 Å². The largest absolute Gasteiger partial charge is 0.497 e. The van der Waals surface area contributed by atoms with E-state index in [1.165, 1.54) is 5.56 Å². The first-order valence-electron chi connectivity index (χ1n) is 24.4. The van der Waals surface area contributed by atoms with Gasteiger partial charge in [0.15, 0.2) is 30.3 Å². The van der Waals surface area contributed by atoms with Crippen LogP contribution in [0.3, 0.4) is 0 Å². The van der Waals surface area contributed by atoms with Crippen LogP contribution in [0.4, 0.5) is 0 Å². The fourth-order valence-electron chi connectivity index (χ4n) is 5.11. The highest BCUT2D eigenvalue weighted by Gasteiger charge is 2.24. The number of nitrogens with zero attached hydrogens (tertiary/aromatic N) is 1. The molecule has 0 aliphatic heterocycles. The number of fused-ring (bicyclic) bond motifs is 1. The quantitative estimate of drug-likeness (QED) is 0.143. The van der Waals surface area contributed by atoms with Crippen molar-refractivity contribution in [2.24, 2.45) is 27.1 Å². The fraction of sp³-hybridized carbons (Fsp3) is 0.410. The van der Waals surface area contributed by atoms with Crippen LogP contribution in [0.25, 0.3) is 10.8 Å². The predicted octanol–water partition coefficient (Wildman–Crippen LogP) is 19.2. The Morgan fingerprint density at radius 2 is 0.851 bits per heavy atom. The molecule has 0 saturated carbocycles. The molecule has 0 radical (unpaired) electrons. The maximum Gasteiger partial charge on any atom is 0.185 e. The summed E-state index contributed by atoms with van der Waals surface area (Å²) in [5.41, 5.74) is 1.89. The number of thiocarbonyl (C=S) groups is 5. The summed E-state index contributed by atoms with van der Waals surface area (Å²) in [6, 6.07) is 34.8. The molecule has 74 heavy (non-hydrogen) atoms. The Bertz CT molecular complexity index is 2650. The average Bonchev–Trinajstić information content (AvgIpc) is 3.78. The summed E-state index contributed by atoms with van der Waals surface area (Å²) in [5.74, 6) is 4.46. The Kier molecular flexibility index (Phi) is 26.1. The number of para-hydroxylation sites is 2. The molecule has 0 atom stereocenters. The molecule has 6 aromatic rings. The summed E-state index contributed by atoms with van der Waals surface area (Å²) in [4.78, 5) is 4.13. The number of aromatic nitrogens is 1. The molecule has 13 heteroatoms. The zero-order chi connectivity index (χ0) is 56.2. The van der Waals surface area contributed by atoms with Crippen molar-refractivity contribution < 1.29 is 28.4 Å². The first-order valence-corrected chi connectivity index (χ1v) is 27.3. The molecule has 0 N–H and O–H groups in total. The van der Waals surface area contributed by atoms with E-state index in [-0.39, 0.29) is 27.1 Å². The van der Waals surface area contributed by atoms with Gasteiger partial charge in [-0.05, 0) is 158 Å². The third kappa shape index (κ3) is 24.3. The molecule has 4 aromatic carbocycles. The molecule has 0 unspecified atom stereocenters. The minimum absolute atomic E-state index is 0.0758. The van der Waals surface area contributed by atoms with Crippen molar-refractivity contribution in [3.05, 3.63) is 138 Å². The van der Waals surface area contributed by atoms with Crippen LogP contribution in [0.5, 0.6) is 33.8 Å². The number of hydrogen-bond acceptors (Lipinski definition) is 13. The molecule has 0 fully saturated rings. The second-order valence-corrected chi connectivity index (χ2v) is 25.4. The smallest absolute Gasteiger partial charge is 0.185 e. The summed E-state index contributed by atoms with van der Waals surface area (Å²) in [7, 11) is 1.63. The third-order valence-electron chi connectivity index (χ3n) is 9.77. The molecule has 0 bridgehead atoms. The first-order chi connectivity index (χ1) is 34.1. The molecule has 6 rings (SSSR count). The second kappa shape index (κ2) is 29.5. The van der Waals surface area contributed by atoms with Crippen LogP contribution in [0.2, 0.25) is 0 Å². The normalized spacial score (nSPS) is 11.3. The number of hydrogen-bond donors (Lipinski definition) is 0. The summed E-state index contributed by atoms with van der Waals surface area (Å²) in [5, 5.41) is 8.22. The Morgan fingerprint density at radius 1 is 0.473 bits per heavy atom. The van der Waals surface area contributed by atoms with Crippen molar-refractivity contribution in [1.29, 1.82) is 0 Å². The van der Waals surface area contributed by atoms with Crippen molar-refractivity contribution in [2.75, 3.05) is 7.11 Å². The van der Waals surface area contributed by atoms with E-state index in [2.05, 4.69) is 77.9 Å². The van der Waals surface area contributed by atoms with Gasteiger partial charge in [-0.3, -0.25) is 4.98 Å². The van der Waals surface area contributed by atoms with E-state index in [1.807, 2.05) is 172 Å². The molecule has 400 valence electrons. The number of aryl methyl sites for hydroxylation is 1. The van der Waals surface area contributed by atoms with Crippen molar-refractivity contribution >= 4 is 108 Å². The van der Waals surface area contributed by atoms with Gasteiger partial charge in [0.25, 0.3) is 0 Å². The zero-order valence-corrected chi connectivity index (χ0v) is 51.9. The fourth-order valence-corrected chi connectivity index (χ4v) is 6.53. The maximum atomic E-state index is 5.88. The molecule has 0 spiro atoms. The highest BCUT2D eigenvalue weighted by atomic mass is 32.1. The molecule has 0 aliphatic carbocycles. The van der Waals surface area contributed by atoms with Crippen LogP contribution in [0.15, 0.2) is 127 Å². The van der Waals surface area contributed by atoms with Crippen LogP contribution in [-0.4, -0.2) is 37.3 Å². The van der Waals surface area contributed by atoms with Crippen LogP contribution >= 0.6 is 72.4 Å². The van der Waals surface area contributed by atoms with E-state index in [1.54, 1.807) is 24.6 Å². The van der Waals surface area contributed by atoms with E-state index < -0.39 is 0 Å². The van der Waals surface area contributed by atoms with E-state index >= 15 is 0 Å². The van der Waals surface area contributed by atoms with E-state index in [9.17, 15) is 0 Å². The Balaban J connectivity index is 0.000000318. The molecule has 2 aromatic heterocycles. The monoisotopic (exact) mass is 1110 g/mol. The van der Waals surface area contributed by atoms with E-state index in [4.69, 9.17) is 89.5 Å². The highest BCUT2D eigenvalue weighted by Crippen LogP contribution is 2.34. The predicted molar refractivity (Wildman–Crippen MR) is 334 cm³/mol. The number of thiophene rings is 1. The zero-order valence-electron chi connectivity index (χ0n) is 47.0. The Hall–Kier alpha value is -4.76. The third-order valence-corrected chi connectivity index (χ3v) is 14.1. The highest BCUT2D eigenvalue weighted by molar-refractivity contribution is 7.81. The van der Waals surface area contributed by atoms with Gasteiger partial charge < -0.3 is 28.4 Å². The Morgan fingerprint density at radius 3 is 1.24 bits per heavy atom. The van der Waals surface area contributed by atoms with Crippen molar-refractivity contribution in [3.63, 3.8) is 0 Å². The summed E-state index contributed by atoms with van der Waals surface area (Å²) in [6.45, 7) is 37.0. The topological polar surface area (TPSA) is 68.3 Å². The molecular formula is C61H79NO6S6. The molecule has 7 nitrogen and oxygen atoms in total. The van der Waals surface area contributed by atoms with Gasteiger partial charge in [0.1, 0.15) is 28.7 Å². The summed E-state index contributed by atoms with van der Waals surface area (Å²) in [6.07, 6.45) is 3.61. The lowest BCUT2D eigenvalue weighted by molar-refractivity contribution is 0.412. The lowest BCUT2D eigenvalue weighted by Crippen LogP contribution is -2.23. The standard InChI is InChI=1S/C15H17NOS.C12H16O2S.C12H18OS2.2C11H14OS/c1-10-7-11-9-16-6-5-12(11)13(8-10)17-14(18)15(2,3)4;1-12(2,3)11(15)14-10-7-5-9(13-4)6-8-10;1-8(2)9-6-7-15-10(9)13-11(14)12(3,4)5;2*1-11(2,3)10(13)12-9-7-5-4-6-8-9/h5-9H,1-4H3;5-8H,1-4H3;6-8H,1-5H3;2*4-8H,1-3H3. The molecular weight excluding hydrogens is 1040 g/mol. The summed E-state index contributed by atoms with van der Waals surface area (Å²) >= 11 is 27.7. The number of rotatable bonds is 7. The van der Waals surface area contributed by atoms with Crippen LogP contribution in [0.1, 0.15) is 135 Å².